The highest BCUT2D eigenvalue weighted by Crippen LogP contribution is 2.37. The number of amides is 2. The van der Waals surface area contributed by atoms with Crippen LogP contribution in [0.25, 0.3) is 0 Å². The van der Waals surface area contributed by atoms with Gasteiger partial charge in [-0.3, -0.25) is 9.59 Å². The molecule has 0 atom stereocenters. The van der Waals surface area contributed by atoms with Crippen molar-refractivity contribution in [1.29, 1.82) is 0 Å². The molecule has 6 nitrogen and oxygen atoms in total. The summed E-state index contributed by atoms with van der Waals surface area (Å²) in [6, 6.07) is 11.1. The molecular formula is C22H24F3N3O3S. The normalized spacial score (nSPS) is 14.2. The number of anilines is 3. The molecule has 0 unspecified atom stereocenters. The quantitative estimate of drug-likeness (QED) is 0.640. The summed E-state index contributed by atoms with van der Waals surface area (Å²) < 4.78 is 46.0. The molecule has 1 saturated heterocycles. The van der Waals surface area contributed by atoms with Crippen LogP contribution in [0.1, 0.15) is 11.1 Å². The van der Waals surface area contributed by atoms with Crippen molar-refractivity contribution < 1.29 is 27.5 Å². The number of carbonyl (C=O) groups is 2. The first kappa shape index (κ1) is 23.9. The van der Waals surface area contributed by atoms with E-state index in [-0.39, 0.29) is 23.1 Å². The van der Waals surface area contributed by atoms with Crippen molar-refractivity contribution in [2.45, 2.75) is 13.1 Å². The minimum absolute atomic E-state index is 0.00337. The summed E-state index contributed by atoms with van der Waals surface area (Å²) >= 11 is 1.02. The van der Waals surface area contributed by atoms with Gasteiger partial charge >= 0.3 is 6.18 Å². The number of rotatable bonds is 7. The van der Waals surface area contributed by atoms with Gasteiger partial charge in [-0.15, -0.1) is 11.8 Å². The lowest BCUT2D eigenvalue weighted by Crippen LogP contribution is -2.36. The third kappa shape index (κ3) is 6.89. The maximum Gasteiger partial charge on any atom is 0.418 e. The maximum absolute atomic E-state index is 13.6. The number of halogens is 3. The average Bonchev–Trinajstić information content (AvgIpc) is 2.75. The van der Waals surface area contributed by atoms with Gasteiger partial charge in [0.25, 0.3) is 0 Å². The number of hydrogen-bond donors (Lipinski definition) is 2. The van der Waals surface area contributed by atoms with E-state index >= 15 is 0 Å². The van der Waals surface area contributed by atoms with Crippen molar-refractivity contribution in [2.75, 3.05) is 53.3 Å². The second-order valence-corrected chi connectivity index (χ2v) is 8.27. The summed E-state index contributed by atoms with van der Waals surface area (Å²) in [6.45, 7) is 3.85. The number of benzene rings is 2. The van der Waals surface area contributed by atoms with Crippen molar-refractivity contribution in [3.63, 3.8) is 0 Å². The van der Waals surface area contributed by atoms with Crippen LogP contribution in [0.2, 0.25) is 0 Å². The van der Waals surface area contributed by atoms with Crippen LogP contribution in [0, 0.1) is 6.92 Å². The first-order chi connectivity index (χ1) is 15.2. The second-order valence-electron chi connectivity index (χ2n) is 7.28. The van der Waals surface area contributed by atoms with Crippen LogP contribution in [-0.2, 0) is 20.5 Å². The van der Waals surface area contributed by atoms with E-state index in [9.17, 15) is 22.8 Å². The monoisotopic (exact) mass is 467 g/mol. The summed E-state index contributed by atoms with van der Waals surface area (Å²) in [4.78, 5) is 26.0. The fourth-order valence-corrected chi connectivity index (χ4v) is 3.77. The van der Waals surface area contributed by atoms with Crippen LogP contribution in [0.5, 0.6) is 0 Å². The number of aryl methyl sites for hydroxylation is 1. The Morgan fingerprint density at radius 1 is 1.00 bits per heavy atom. The zero-order valence-electron chi connectivity index (χ0n) is 17.5. The van der Waals surface area contributed by atoms with Gasteiger partial charge in [-0.05, 0) is 37.3 Å². The molecule has 1 aliphatic rings. The van der Waals surface area contributed by atoms with E-state index in [2.05, 4.69) is 10.6 Å². The Hall–Kier alpha value is -2.72. The van der Waals surface area contributed by atoms with Crippen molar-refractivity contribution >= 4 is 40.6 Å². The number of alkyl halides is 3. The second kappa shape index (κ2) is 10.7. The molecule has 3 rings (SSSR count). The Bertz CT molecular complexity index is 946. The highest BCUT2D eigenvalue weighted by Gasteiger charge is 2.34. The molecule has 1 heterocycles. The van der Waals surface area contributed by atoms with Gasteiger partial charge in [0.2, 0.25) is 11.8 Å². The fourth-order valence-electron chi connectivity index (χ4n) is 3.15. The van der Waals surface area contributed by atoms with Crippen LogP contribution in [0.4, 0.5) is 30.2 Å². The first-order valence-corrected chi connectivity index (χ1v) is 11.2. The predicted octanol–water partition coefficient (Wildman–Crippen LogP) is 4.16. The molecule has 0 radical (unpaired) electrons. The van der Waals surface area contributed by atoms with E-state index in [1.54, 1.807) is 18.2 Å². The molecule has 10 heteroatoms. The molecule has 2 aromatic rings. The Morgan fingerprint density at radius 3 is 2.25 bits per heavy atom. The predicted molar refractivity (Wildman–Crippen MR) is 120 cm³/mol. The SMILES string of the molecule is Cc1ccc(NC(=O)CSCC(=O)Nc2ccc(N3CCOCC3)cc2C(F)(F)F)cc1. The van der Waals surface area contributed by atoms with E-state index < -0.39 is 17.6 Å². The molecule has 1 fully saturated rings. The van der Waals surface area contributed by atoms with Crippen molar-refractivity contribution in [2.24, 2.45) is 0 Å². The Labute approximate surface area is 188 Å². The molecule has 0 aliphatic carbocycles. The van der Waals surface area contributed by atoms with Gasteiger partial charge < -0.3 is 20.3 Å². The third-order valence-electron chi connectivity index (χ3n) is 4.76. The largest absolute Gasteiger partial charge is 0.418 e. The number of ether oxygens (including phenoxy) is 1. The molecule has 32 heavy (non-hydrogen) atoms. The van der Waals surface area contributed by atoms with Gasteiger partial charge in [-0.1, -0.05) is 17.7 Å². The smallest absolute Gasteiger partial charge is 0.378 e. The van der Waals surface area contributed by atoms with Crippen molar-refractivity contribution in [3.05, 3.63) is 53.6 Å². The van der Waals surface area contributed by atoms with Gasteiger partial charge in [0, 0.05) is 24.5 Å². The van der Waals surface area contributed by atoms with Crippen LogP contribution in [0.3, 0.4) is 0 Å². The summed E-state index contributed by atoms with van der Waals surface area (Å²) in [5.41, 5.74) is 0.924. The van der Waals surface area contributed by atoms with Gasteiger partial charge in [0.15, 0.2) is 0 Å². The molecular weight excluding hydrogens is 443 g/mol. The van der Waals surface area contributed by atoms with Crippen LogP contribution in [0.15, 0.2) is 42.5 Å². The Balaban J connectivity index is 1.55. The summed E-state index contributed by atoms with van der Waals surface area (Å²) in [5.74, 6) is -1.05. The van der Waals surface area contributed by atoms with E-state index in [1.165, 1.54) is 6.07 Å². The van der Waals surface area contributed by atoms with E-state index in [4.69, 9.17) is 4.74 Å². The van der Waals surface area contributed by atoms with Gasteiger partial charge in [0.05, 0.1) is 36.0 Å². The number of morpholine rings is 1. The lowest BCUT2D eigenvalue weighted by molar-refractivity contribution is -0.137. The maximum atomic E-state index is 13.6. The third-order valence-corrected chi connectivity index (χ3v) is 5.69. The van der Waals surface area contributed by atoms with E-state index in [0.29, 0.717) is 37.7 Å². The standard InChI is InChI=1S/C22H24F3N3O3S/c1-15-2-4-16(5-3-15)26-20(29)13-32-14-21(30)27-19-7-6-17(12-18(19)22(23,24)25)28-8-10-31-11-9-28/h2-7,12H,8-11,13-14H2,1H3,(H,26,29)(H,27,30). The van der Waals surface area contributed by atoms with Gasteiger partial charge in [-0.25, -0.2) is 0 Å². The van der Waals surface area contributed by atoms with Crippen molar-refractivity contribution in [3.8, 4) is 0 Å². The van der Waals surface area contributed by atoms with Gasteiger partial charge in [-0.2, -0.15) is 13.2 Å². The summed E-state index contributed by atoms with van der Waals surface area (Å²) in [7, 11) is 0. The number of carbonyl (C=O) groups excluding carboxylic acids is 2. The molecule has 0 saturated carbocycles. The first-order valence-electron chi connectivity index (χ1n) is 10.0. The topological polar surface area (TPSA) is 70.7 Å². The minimum Gasteiger partial charge on any atom is -0.378 e. The molecule has 2 amide bonds. The molecule has 0 bridgehead atoms. The Kier molecular flexibility index (Phi) is 8.03. The fraction of sp³-hybridized carbons (Fsp3) is 0.364. The zero-order valence-corrected chi connectivity index (χ0v) is 18.3. The lowest BCUT2D eigenvalue weighted by atomic mass is 10.1. The number of nitrogens with zero attached hydrogens (tertiary/aromatic N) is 1. The molecule has 0 aromatic heterocycles. The zero-order chi connectivity index (χ0) is 23.1. The number of hydrogen-bond acceptors (Lipinski definition) is 5. The van der Waals surface area contributed by atoms with E-state index in [0.717, 1.165) is 23.4 Å². The van der Waals surface area contributed by atoms with Crippen LogP contribution < -0.4 is 15.5 Å². The van der Waals surface area contributed by atoms with Gasteiger partial charge in [0.1, 0.15) is 0 Å². The molecule has 172 valence electrons. The van der Waals surface area contributed by atoms with Crippen LogP contribution >= 0.6 is 11.8 Å². The van der Waals surface area contributed by atoms with Crippen molar-refractivity contribution in [1.82, 2.24) is 0 Å². The number of thioether (sulfide) groups is 1. The minimum atomic E-state index is -4.62. The molecule has 2 N–H and O–H groups in total. The lowest BCUT2D eigenvalue weighted by Gasteiger charge is -2.29. The summed E-state index contributed by atoms with van der Waals surface area (Å²) in [6.07, 6.45) is -4.62. The van der Waals surface area contributed by atoms with Crippen LogP contribution in [-0.4, -0.2) is 49.6 Å². The Morgan fingerprint density at radius 2 is 1.62 bits per heavy atom. The number of nitrogens with one attached hydrogen (secondary N) is 2. The highest BCUT2D eigenvalue weighted by atomic mass is 32.2. The highest BCUT2D eigenvalue weighted by molar-refractivity contribution is 8.00. The summed E-state index contributed by atoms with van der Waals surface area (Å²) in [5, 5.41) is 5.03. The average molecular weight is 468 g/mol. The molecule has 1 aliphatic heterocycles. The molecule has 0 spiro atoms. The molecule has 2 aromatic carbocycles. The van der Waals surface area contributed by atoms with E-state index in [1.807, 2.05) is 24.0 Å².